The monoisotopic (exact) mass is 411 g/mol. The maximum absolute atomic E-state index is 12.1. The number of rotatable bonds is 12. The Morgan fingerprint density at radius 1 is 0.833 bits per heavy atom. The number of allylic oxidation sites excluding steroid dienone is 6. The fourth-order valence-electron chi connectivity index (χ4n) is 2.58. The van der Waals surface area contributed by atoms with Crippen LogP contribution in [-0.4, -0.2) is 24.2 Å². The Morgan fingerprint density at radius 3 is 1.90 bits per heavy atom. The minimum Gasteiger partial charge on any atom is -0.473 e. The van der Waals surface area contributed by atoms with Crippen molar-refractivity contribution in [1.29, 1.82) is 0 Å². The Labute approximate surface area is 182 Å². The minimum atomic E-state index is -0.377. The minimum absolute atomic E-state index is 0.272. The molecule has 0 aliphatic carbocycles. The SMILES string of the molecule is CC(C)=CCC/C(C)=C/COC(=O)c1ccc(OC/C=C(\C)CCC=C(C)C)nc1. The summed E-state index contributed by atoms with van der Waals surface area (Å²) >= 11 is 0. The molecule has 0 unspecified atom stereocenters. The summed E-state index contributed by atoms with van der Waals surface area (Å²) in [6, 6.07) is 3.38. The molecule has 0 saturated heterocycles. The van der Waals surface area contributed by atoms with Crippen LogP contribution in [0.2, 0.25) is 0 Å². The number of ether oxygens (including phenoxy) is 2. The van der Waals surface area contributed by atoms with Crippen molar-refractivity contribution in [3.63, 3.8) is 0 Å². The van der Waals surface area contributed by atoms with Gasteiger partial charge < -0.3 is 9.47 Å². The predicted molar refractivity (Wildman–Crippen MR) is 125 cm³/mol. The molecular weight excluding hydrogens is 374 g/mol. The summed E-state index contributed by atoms with van der Waals surface area (Å²) in [5, 5.41) is 0. The lowest BCUT2D eigenvalue weighted by Crippen LogP contribution is -2.06. The van der Waals surface area contributed by atoms with Crippen LogP contribution < -0.4 is 4.74 Å². The molecule has 0 atom stereocenters. The number of esters is 1. The molecule has 1 rings (SSSR count). The van der Waals surface area contributed by atoms with E-state index in [-0.39, 0.29) is 12.6 Å². The van der Waals surface area contributed by atoms with Gasteiger partial charge in [0.05, 0.1) is 5.56 Å². The molecule has 0 bridgehead atoms. The highest BCUT2D eigenvalue weighted by Crippen LogP contribution is 2.11. The van der Waals surface area contributed by atoms with E-state index in [1.807, 2.05) is 6.08 Å². The predicted octanol–water partition coefficient (Wildman–Crippen LogP) is 7.00. The van der Waals surface area contributed by atoms with E-state index in [4.69, 9.17) is 9.47 Å². The topological polar surface area (TPSA) is 48.4 Å². The van der Waals surface area contributed by atoms with E-state index in [9.17, 15) is 4.79 Å². The van der Waals surface area contributed by atoms with E-state index < -0.39 is 0 Å². The molecular formula is C26H37NO3. The largest absolute Gasteiger partial charge is 0.473 e. The number of carbonyl (C=O) groups is 1. The molecule has 1 heterocycles. The highest BCUT2D eigenvalue weighted by molar-refractivity contribution is 5.89. The van der Waals surface area contributed by atoms with Crippen molar-refractivity contribution in [2.45, 2.75) is 67.2 Å². The van der Waals surface area contributed by atoms with Gasteiger partial charge in [-0.3, -0.25) is 0 Å². The molecule has 1 aromatic heterocycles. The maximum atomic E-state index is 12.1. The van der Waals surface area contributed by atoms with Crippen LogP contribution in [0.25, 0.3) is 0 Å². The van der Waals surface area contributed by atoms with E-state index in [0.29, 0.717) is 18.1 Å². The molecule has 0 spiro atoms. The third kappa shape index (κ3) is 12.1. The van der Waals surface area contributed by atoms with Gasteiger partial charge in [0, 0.05) is 12.3 Å². The van der Waals surface area contributed by atoms with Crippen LogP contribution in [-0.2, 0) is 4.74 Å². The van der Waals surface area contributed by atoms with Crippen molar-refractivity contribution in [3.8, 4) is 5.88 Å². The zero-order chi connectivity index (χ0) is 22.4. The third-order valence-electron chi connectivity index (χ3n) is 4.46. The Balaban J connectivity index is 2.39. The number of pyridine rings is 1. The van der Waals surface area contributed by atoms with Crippen molar-refractivity contribution in [2.24, 2.45) is 0 Å². The van der Waals surface area contributed by atoms with Crippen molar-refractivity contribution in [3.05, 3.63) is 70.5 Å². The van der Waals surface area contributed by atoms with Gasteiger partial charge in [-0.1, -0.05) is 34.4 Å². The molecule has 0 aliphatic heterocycles. The Kier molecular flexibility index (Phi) is 12.2. The van der Waals surface area contributed by atoms with Crippen LogP contribution in [0.5, 0.6) is 5.88 Å². The molecule has 1 aromatic rings. The van der Waals surface area contributed by atoms with E-state index >= 15 is 0 Å². The zero-order valence-electron chi connectivity index (χ0n) is 19.5. The highest BCUT2D eigenvalue weighted by atomic mass is 16.5. The first-order chi connectivity index (χ1) is 14.3. The fourth-order valence-corrected chi connectivity index (χ4v) is 2.58. The maximum Gasteiger partial charge on any atom is 0.340 e. The van der Waals surface area contributed by atoms with Gasteiger partial charge >= 0.3 is 5.97 Å². The van der Waals surface area contributed by atoms with Crippen molar-refractivity contribution < 1.29 is 14.3 Å². The first kappa shape index (κ1) is 25.4. The first-order valence-electron chi connectivity index (χ1n) is 10.6. The lowest BCUT2D eigenvalue weighted by atomic mass is 10.1. The third-order valence-corrected chi connectivity index (χ3v) is 4.46. The van der Waals surface area contributed by atoms with Gasteiger partial charge in [-0.15, -0.1) is 0 Å². The van der Waals surface area contributed by atoms with Gasteiger partial charge in [0.1, 0.15) is 13.2 Å². The molecule has 0 N–H and O–H groups in total. The highest BCUT2D eigenvalue weighted by Gasteiger charge is 2.07. The molecule has 4 nitrogen and oxygen atoms in total. The van der Waals surface area contributed by atoms with Crippen LogP contribution >= 0.6 is 0 Å². The van der Waals surface area contributed by atoms with E-state index in [1.54, 1.807) is 12.1 Å². The smallest absolute Gasteiger partial charge is 0.340 e. The Morgan fingerprint density at radius 2 is 1.40 bits per heavy atom. The molecule has 0 radical (unpaired) electrons. The van der Waals surface area contributed by atoms with Crippen LogP contribution in [0.3, 0.4) is 0 Å². The lowest BCUT2D eigenvalue weighted by molar-refractivity contribution is 0.0548. The summed E-state index contributed by atoms with van der Waals surface area (Å²) in [7, 11) is 0. The second-order valence-electron chi connectivity index (χ2n) is 8.04. The van der Waals surface area contributed by atoms with Gasteiger partial charge in [0.2, 0.25) is 5.88 Å². The summed E-state index contributed by atoms with van der Waals surface area (Å²) < 4.78 is 10.9. The number of carbonyl (C=O) groups excluding carboxylic acids is 1. The van der Waals surface area contributed by atoms with E-state index in [0.717, 1.165) is 25.7 Å². The van der Waals surface area contributed by atoms with E-state index in [1.165, 1.54) is 28.5 Å². The van der Waals surface area contributed by atoms with Gasteiger partial charge in [0.25, 0.3) is 0 Å². The van der Waals surface area contributed by atoms with Crippen LogP contribution in [0.4, 0.5) is 0 Å². The Bertz CT molecular complexity index is 775. The average molecular weight is 412 g/mol. The second kappa shape index (κ2) is 14.4. The summed E-state index contributed by atoms with van der Waals surface area (Å²) in [5.74, 6) is 0.118. The summed E-state index contributed by atoms with van der Waals surface area (Å²) in [4.78, 5) is 16.3. The average Bonchev–Trinajstić information content (AvgIpc) is 2.68. The molecule has 0 aliphatic rings. The summed E-state index contributed by atoms with van der Waals surface area (Å²) in [6.45, 7) is 13.3. The fraction of sp³-hybridized carbons (Fsp3) is 0.462. The standard InChI is InChI=1S/C26H37NO3/c1-20(2)9-7-11-22(5)15-17-29-25-14-13-24(19-27-25)26(28)30-18-16-23(6)12-8-10-21(3)4/h9-10,13-16,19H,7-8,11-12,17-18H2,1-6H3/b22-15+,23-16+. The van der Waals surface area contributed by atoms with Gasteiger partial charge in [-0.25, -0.2) is 9.78 Å². The van der Waals surface area contributed by atoms with Crippen LogP contribution in [0.15, 0.2) is 64.9 Å². The molecule has 30 heavy (non-hydrogen) atoms. The van der Waals surface area contributed by atoms with Gasteiger partial charge in [-0.2, -0.15) is 0 Å². The second-order valence-corrected chi connectivity index (χ2v) is 8.04. The van der Waals surface area contributed by atoms with Crippen LogP contribution in [0, 0.1) is 0 Å². The molecule has 0 fully saturated rings. The summed E-state index contributed by atoms with van der Waals surface area (Å²) in [6.07, 6.45) is 14.0. The molecule has 0 aromatic carbocycles. The lowest BCUT2D eigenvalue weighted by Gasteiger charge is -2.06. The van der Waals surface area contributed by atoms with Crippen LogP contribution in [0.1, 0.15) is 77.6 Å². The van der Waals surface area contributed by atoms with Crippen molar-refractivity contribution in [2.75, 3.05) is 13.2 Å². The normalized spacial score (nSPS) is 11.7. The molecule has 164 valence electrons. The number of hydrogen-bond donors (Lipinski definition) is 0. The zero-order valence-corrected chi connectivity index (χ0v) is 19.5. The van der Waals surface area contributed by atoms with Gasteiger partial charge in [0.15, 0.2) is 0 Å². The van der Waals surface area contributed by atoms with Crippen molar-refractivity contribution >= 4 is 5.97 Å². The quantitative estimate of drug-likeness (QED) is 0.274. The van der Waals surface area contributed by atoms with E-state index in [2.05, 4.69) is 64.8 Å². The number of nitrogens with zero attached hydrogens (tertiary/aromatic N) is 1. The molecule has 0 amide bonds. The van der Waals surface area contributed by atoms with Crippen molar-refractivity contribution in [1.82, 2.24) is 4.98 Å². The first-order valence-corrected chi connectivity index (χ1v) is 10.6. The molecule has 4 heteroatoms. The summed E-state index contributed by atoms with van der Waals surface area (Å²) in [5.41, 5.74) is 5.59. The van der Waals surface area contributed by atoms with Gasteiger partial charge in [-0.05, 0) is 85.4 Å². The number of aromatic nitrogens is 1. The molecule has 0 saturated carbocycles. The Hall–Kier alpha value is -2.62. The number of hydrogen-bond acceptors (Lipinski definition) is 4.